The lowest BCUT2D eigenvalue weighted by Gasteiger charge is -2.18. The van der Waals surface area contributed by atoms with Crippen molar-refractivity contribution >= 4 is 17.4 Å². The van der Waals surface area contributed by atoms with Gasteiger partial charge in [0.25, 0.3) is 0 Å². The Hall–Kier alpha value is -3.60. The van der Waals surface area contributed by atoms with Crippen LogP contribution in [-0.4, -0.2) is 24.9 Å². The van der Waals surface area contributed by atoms with Crippen molar-refractivity contribution in [3.05, 3.63) is 89.5 Å². The number of para-hydroxylation sites is 1. The van der Waals surface area contributed by atoms with Crippen LogP contribution in [0.15, 0.2) is 72.8 Å². The lowest BCUT2D eigenvalue weighted by Crippen LogP contribution is -2.16. The molecule has 0 spiro atoms. The molecule has 152 valence electrons. The zero-order valence-electron chi connectivity index (χ0n) is 16.6. The number of ether oxygens (including phenoxy) is 2. The van der Waals surface area contributed by atoms with E-state index in [0.29, 0.717) is 30.3 Å². The number of amides is 1. The summed E-state index contributed by atoms with van der Waals surface area (Å²) in [5.41, 5.74) is 3.51. The zero-order valence-corrected chi connectivity index (χ0v) is 16.6. The molecule has 1 heterocycles. The first-order valence-electron chi connectivity index (χ1n) is 10.0. The number of carbonyl (C=O) groups excluding carboxylic acids is 2. The van der Waals surface area contributed by atoms with E-state index in [4.69, 9.17) is 9.47 Å². The molecule has 5 nitrogen and oxygen atoms in total. The lowest BCUT2D eigenvalue weighted by molar-refractivity contribution is -0.116. The van der Waals surface area contributed by atoms with Crippen LogP contribution in [0.2, 0.25) is 0 Å². The molecule has 0 bridgehead atoms. The summed E-state index contributed by atoms with van der Waals surface area (Å²) in [6.45, 7) is 0.974. The van der Waals surface area contributed by atoms with Crippen LogP contribution in [0.3, 0.4) is 0 Å². The van der Waals surface area contributed by atoms with Crippen molar-refractivity contribution in [1.29, 1.82) is 0 Å². The first-order chi connectivity index (χ1) is 14.7. The van der Waals surface area contributed by atoms with Gasteiger partial charge in [-0.05, 0) is 41.8 Å². The third-order valence-electron chi connectivity index (χ3n) is 4.97. The zero-order chi connectivity index (χ0) is 20.8. The average Bonchev–Trinajstić information content (AvgIpc) is 2.79. The molecule has 3 aromatic rings. The Kier molecular flexibility index (Phi) is 6.09. The molecule has 1 amide bonds. The summed E-state index contributed by atoms with van der Waals surface area (Å²) in [6.07, 6.45) is 0.979. The molecular formula is C25H23NO4. The van der Waals surface area contributed by atoms with Gasteiger partial charge < -0.3 is 14.8 Å². The fraction of sp³-hybridized carbons (Fsp3) is 0.200. The Bertz CT molecular complexity index is 1050. The summed E-state index contributed by atoms with van der Waals surface area (Å²) >= 11 is 0. The standard InChI is InChI=1S/C25H23NO4/c27-22(20-10-12-23-24(17-20)30-15-14-29-23)11-13-25(28)26-21-9-5-4-8-19(21)16-18-6-2-1-3-7-18/h1-10,12,17H,11,13-16H2,(H,26,28). The number of hydrogen-bond acceptors (Lipinski definition) is 4. The molecule has 4 rings (SSSR count). The van der Waals surface area contributed by atoms with Crippen molar-refractivity contribution in [2.45, 2.75) is 19.3 Å². The van der Waals surface area contributed by atoms with E-state index in [1.807, 2.05) is 42.5 Å². The SMILES string of the molecule is O=C(CCC(=O)c1ccc2c(c1)OCCO2)Nc1ccccc1Cc1ccccc1. The number of carbonyl (C=O) groups is 2. The quantitative estimate of drug-likeness (QED) is 0.585. The van der Waals surface area contributed by atoms with Crippen molar-refractivity contribution in [2.24, 2.45) is 0 Å². The Labute approximate surface area is 175 Å². The van der Waals surface area contributed by atoms with Crippen LogP contribution in [0, 0.1) is 0 Å². The summed E-state index contributed by atoms with van der Waals surface area (Å²) in [6, 6.07) is 23.0. The van der Waals surface area contributed by atoms with Gasteiger partial charge >= 0.3 is 0 Å². The topological polar surface area (TPSA) is 64.6 Å². The van der Waals surface area contributed by atoms with Gasteiger partial charge in [0.15, 0.2) is 17.3 Å². The van der Waals surface area contributed by atoms with Crippen LogP contribution in [0.4, 0.5) is 5.69 Å². The predicted molar refractivity (Wildman–Crippen MR) is 115 cm³/mol. The summed E-state index contributed by atoms with van der Waals surface area (Å²) in [4.78, 5) is 25.0. The highest BCUT2D eigenvalue weighted by Crippen LogP contribution is 2.31. The Balaban J connectivity index is 1.36. The highest BCUT2D eigenvalue weighted by molar-refractivity contribution is 6.00. The second-order valence-corrected chi connectivity index (χ2v) is 7.15. The first-order valence-corrected chi connectivity index (χ1v) is 10.0. The fourth-order valence-corrected chi connectivity index (χ4v) is 3.41. The third-order valence-corrected chi connectivity index (χ3v) is 4.97. The Morgan fingerprint density at radius 2 is 1.53 bits per heavy atom. The number of rotatable bonds is 7. The van der Waals surface area contributed by atoms with Crippen LogP contribution < -0.4 is 14.8 Å². The minimum absolute atomic E-state index is 0.0975. The van der Waals surface area contributed by atoms with Crippen molar-refractivity contribution < 1.29 is 19.1 Å². The van der Waals surface area contributed by atoms with Crippen LogP contribution in [0.1, 0.15) is 34.3 Å². The molecule has 1 aliphatic heterocycles. The highest BCUT2D eigenvalue weighted by Gasteiger charge is 2.16. The van der Waals surface area contributed by atoms with Gasteiger partial charge in [0, 0.05) is 24.1 Å². The summed E-state index contributed by atoms with van der Waals surface area (Å²) in [5.74, 6) is 0.943. The van der Waals surface area contributed by atoms with Crippen molar-refractivity contribution in [3.8, 4) is 11.5 Å². The molecule has 0 fully saturated rings. The van der Waals surface area contributed by atoms with E-state index >= 15 is 0 Å². The number of nitrogens with one attached hydrogen (secondary N) is 1. The maximum absolute atomic E-state index is 12.5. The molecule has 0 saturated carbocycles. The van der Waals surface area contributed by atoms with Gasteiger partial charge in [-0.15, -0.1) is 0 Å². The van der Waals surface area contributed by atoms with Crippen molar-refractivity contribution in [2.75, 3.05) is 18.5 Å². The van der Waals surface area contributed by atoms with Crippen LogP contribution >= 0.6 is 0 Å². The van der Waals surface area contributed by atoms with E-state index in [9.17, 15) is 9.59 Å². The molecule has 0 unspecified atom stereocenters. The maximum Gasteiger partial charge on any atom is 0.224 e. The van der Waals surface area contributed by atoms with Gasteiger partial charge in [-0.2, -0.15) is 0 Å². The van der Waals surface area contributed by atoms with Gasteiger partial charge in [0.05, 0.1) is 0 Å². The molecular weight excluding hydrogens is 378 g/mol. The van der Waals surface area contributed by atoms with E-state index in [1.54, 1.807) is 18.2 Å². The minimum atomic E-state index is -0.179. The molecule has 3 aromatic carbocycles. The molecule has 0 aromatic heterocycles. The molecule has 1 aliphatic rings. The van der Waals surface area contributed by atoms with Crippen LogP contribution in [0.25, 0.3) is 0 Å². The fourth-order valence-electron chi connectivity index (χ4n) is 3.41. The second kappa shape index (κ2) is 9.27. The Morgan fingerprint density at radius 1 is 0.800 bits per heavy atom. The van der Waals surface area contributed by atoms with E-state index in [-0.39, 0.29) is 24.5 Å². The van der Waals surface area contributed by atoms with Crippen molar-refractivity contribution in [3.63, 3.8) is 0 Å². The van der Waals surface area contributed by atoms with Gasteiger partial charge in [-0.1, -0.05) is 48.5 Å². The van der Waals surface area contributed by atoms with Crippen LogP contribution in [-0.2, 0) is 11.2 Å². The monoisotopic (exact) mass is 401 g/mol. The van der Waals surface area contributed by atoms with Gasteiger partial charge in [0.1, 0.15) is 13.2 Å². The van der Waals surface area contributed by atoms with Crippen LogP contribution in [0.5, 0.6) is 11.5 Å². The van der Waals surface area contributed by atoms with E-state index in [2.05, 4.69) is 17.4 Å². The third kappa shape index (κ3) is 4.87. The molecule has 0 atom stereocenters. The largest absolute Gasteiger partial charge is 0.486 e. The lowest BCUT2D eigenvalue weighted by atomic mass is 10.0. The minimum Gasteiger partial charge on any atom is -0.486 e. The number of anilines is 1. The van der Waals surface area contributed by atoms with E-state index in [1.165, 1.54) is 5.56 Å². The summed E-state index contributed by atoms with van der Waals surface area (Å²) in [5, 5.41) is 2.95. The molecule has 0 aliphatic carbocycles. The first kappa shape index (κ1) is 19.7. The normalized spacial score (nSPS) is 12.3. The molecule has 1 N–H and O–H groups in total. The number of ketones is 1. The van der Waals surface area contributed by atoms with E-state index < -0.39 is 0 Å². The molecule has 5 heteroatoms. The maximum atomic E-state index is 12.5. The van der Waals surface area contributed by atoms with Gasteiger partial charge in [0.2, 0.25) is 5.91 Å². The molecule has 0 radical (unpaired) electrons. The summed E-state index contributed by atoms with van der Waals surface area (Å²) in [7, 11) is 0. The van der Waals surface area contributed by atoms with E-state index in [0.717, 1.165) is 17.7 Å². The number of fused-ring (bicyclic) bond motifs is 1. The number of hydrogen-bond donors (Lipinski definition) is 1. The van der Waals surface area contributed by atoms with Gasteiger partial charge in [-0.3, -0.25) is 9.59 Å². The number of benzene rings is 3. The van der Waals surface area contributed by atoms with Gasteiger partial charge in [-0.25, -0.2) is 0 Å². The molecule has 0 saturated heterocycles. The summed E-state index contributed by atoms with van der Waals surface area (Å²) < 4.78 is 11.0. The number of Topliss-reactive ketones (excluding diaryl/α,β-unsaturated/α-hetero) is 1. The van der Waals surface area contributed by atoms with Crippen molar-refractivity contribution in [1.82, 2.24) is 0 Å². The Morgan fingerprint density at radius 3 is 2.37 bits per heavy atom. The predicted octanol–water partition coefficient (Wildman–Crippen LogP) is 4.65. The second-order valence-electron chi connectivity index (χ2n) is 7.15. The molecule has 30 heavy (non-hydrogen) atoms. The highest BCUT2D eigenvalue weighted by atomic mass is 16.6. The average molecular weight is 401 g/mol. The smallest absolute Gasteiger partial charge is 0.224 e.